The molecule has 0 spiro atoms. The van der Waals surface area contributed by atoms with Gasteiger partial charge in [0, 0.05) is 25.6 Å². The van der Waals surface area contributed by atoms with E-state index < -0.39 is 0 Å². The van der Waals surface area contributed by atoms with E-state index in [-0.39, 0.29) is 30.4 Å². The topological polar surface area (TPSA) is 67.5 Å². The van der Waals surface area contributed by atoms with Gasteiger partial charge in [0.1, 0.15) is 18.2 Å². The van der Waals surface area contributed by atoms with E-state index >= 15 is 0 Å². The van der Waals surface area contributed by atoms with Crippen molar-refractivity contribution in [3.63, 3.8) is 0 Å². The third kappa shape index (κ3) is 3.88. The fourth-order valence-electron chi connectivity index (χ4n) is 3.74. The van der Waals surface area contributed by atoms with E-state index in [0.29, 0.717) is 19.7 Å². The minimum atomic E-state index is -0.267. The minimum absolute atomic E-state index is 0.0353. The molecule has 1 N–H and O–H groups in total. The number of imidazole rings is 1. The zero-order valence-electron chi connectivity index (χ0n) is 14.7. The van der Waals surface area contributed by atoms with Gasteiger partial charge in [-0.3, -0.25) is 4.79 Å². The maximum absolute atomic E-state index is 13.3. The lowest BCUT2D eigenvalue weighted by Gasteiger charge is -2.31. The number of piperidine rings is 1. The van der Waals surface area contributed by atoms with Gasteiger partial charge < -0.3 is 19.4 Å². The summed E-state index contributed by atoms with van der Waals surface area (Å²) >= 11 is 0. The molecule has 2 saturated heterocycles. The van der Waals surface area contributed by atoms with Gasteiger partial charge >= 0.3 is 0 Å². The molecule has 1 atom stereocenters. The maximum Gasteiger partial charge on any atom is 0.248 e. The minimum Gasteiger partial charge on any atom is -0.376 e. The fourth-order valence-corrected chi connectivity index (χ4v) is 3.74. The predicted molar refractivity (Wildman–Crippen MR) is 94.4 cm³/mol. The van der Waals surface area contributed by atoms with E-state index in [1.165, 1.54) is 12.1 Å². The van der Waals surface area contributed by atoms with E-state index in [4.69, 9.17) is 9.47 Å². The molecule has 1 aromatic carbocycles. The molecule has 0 bridgehead atoms. The highest BCUT2D eigenvalue weighted by atomic mass is 19.1. The number of amides is 1. The second-order valence-corrected chi connectivity index (χ2v) is 7.09. The van der Waals surface area contributed by atoms with Crippen molar-refractivity contribution in [1.82, 2.24) is 14.9 Å². The number of ether oxygens (including phenoxy) is 2. The Morgan fingerprint density at radius 1 is 1.35 bits per heavy atom. The van der Waals surface area contributed by atoms with Gasteiger partial charge in [0.25, 0.3) is 0 Å². The van der Waals surface area contributed by atoms with Crippen molar-refractivity contribution in [3.05, 3.63) is 29.8 Å². The van der Waals surface area contributed by atoms with Gasteiger partial charge in [-0.15, -0.1) is 0 Å². The van der Waals surface area contributed by atoms with Crippen molar-refractivity contribution in [1.29, 1.82) is 0 Å². The maximum atomic E-state index is 13.3. The Morgan fingerprint density at radius 2 is 2.19 bits per heavy atom. The van der Waals surface area contributed by atoms with E-state index in [2.05, 4.69) is 9.97 Å². The zero-order valence-corrected chi connectivity index (χ0v) is 14.7. The number of aromatic nitrogens is 2. The Labute approximate surface area is 151 Å². The van der Waals surface area contributed by atoms with E-state index in [1.807, 2.05) is 4.90 Å². The van der Waals surface area contributed by atoms with Crippen LogP contribution in [0.2, 0.25) is 0 Å². The summed E-state index contributed by atoms with van der Waals surface area (Å²) in [6, 6.07) is 4.58. The quantitative estimate of drug-likeness (QED) is 0.889. The molecule has 1 unspecified atom stereocenters. The average Bonchev–Trinajstić information content (AvgIpc) is 3.31. The Hall–Kier alpha value is -1.99. The van der Waals surface area contributed by atoms with Crippen molar-refractivity contribution in [2.75, 3.05) is 32.9 Å². The van der Waals surface area contributed by atoms with Crippen molar-refractivity contribution in [2.24, 2.45) is 0 Å². The van der Waals surface area contributed by atoms with Crippen LogP contribution < -0.4 is 0 Å². The number of hydrogen-bond acceptors (Lipinski definition) is 4. The highest BCUT2D eigenvalue weighted by molar-refractivity contribution is 5.77. The molecule has 140 valence electrons. The number of H-pyrrole nitrogens is 1. The number of aromatic amines is 1. The Balaban J connectivity index is 1.26. The SMILES string of the molecule is O=C(COCC1CCCO1)N1CCC(c2nc3ccc(F)cc3[nH]2)CC1. The van der Waals surface area contributed by atoms with E-state index in [9.17, 15) is 9.18 Å². The Bertz CT molecular complexity index is 764. The van der Waals surface area contributed by atoms with Crippen molar-refractivity contribution in [2.45, 2.75) is 37.7 Å². The molecule has 26 heavy (non-hydrogen) atoms. The normalized spacial score (nSPS) is 21.6. The number of hydrogen-bond donors (Lipinski definition) is 1. The first kappa shape index (κ1) is 17.4. The molecule has 0 aliphatic carbocycles. The average molecular weight is 361 g/mol. The van der Waals surface area contributed by atoms with Crippen LogP contribution in [-0.4, -0.2) is 59.8 Å². The molecule has 3 heterocycles. The molecule has 1 aromatic heterocycles. The molecule has 0 saturated carbocycles. The summed E-state index contributed by atoms with van der Waals surface area (Å²) in [5, 5.41) is 0. The lowest BCUT2D eigenvalue weighted by atomic mass is 9.96. The largest absolute Gasteiger partial charge is 0.376 e. The number of fused-ring (bicyclic) bond motifs is 1. The van der Waals surface area contributed by atoms with Crippen molar-refractivity contribution < 1.29 is 18.7 Å². The van der Waals surface area contributed by atoms with Crippen molar-refractivity contribution in [3.8, 4) is 0 Å². The van der Waals surface area contributed by atoms with Gasteiger partial charge in [-0.05, 0) is 43.9 Å². The van der Waals surface area contributed by atoms with Gasteiger partial charge in [-0.25, -0.2) is 9.37 Å². The summed E-state index contributed by atoms with van der Waals surface area (Å²) in [6.07, 6.45) is 3.93. The molecule has 2 aromatic rings. The number of halogens is 1. The van der Waals surface area contributed by atoms with Crippen LogP contribution in [0.5, 0.6) is 0 Å². The van der Waals surface area contributed by atoms with Crippen LogP contribution in [0.4, 0.5) is 4.39 Å². The number of carbonyl (C=O) groups excluding carboxylic acids is 1. The van der Waals surface area contributed by atoms with Crippen LogP contribution in [0.3, 0.4) is 0 Å². The van der Waals surface area contributed by atoms with Gasteiger partial charge in [-0.2, -0.15) is 0 Å². The molecule has 0 radical (unpaired) electrons. The number of nitrogens with zero attached hydrogens (tertiary/aromatic N) is 2. The lowest BCUT2D eigenvalue weighted by molar-refractivity contribution is -0.138. The van der Waals surface area contributed by atoms with Gasteiger partial charge in [0.05, 0.1) is 23.7 Å². The molecule has 1 amide bonds. The molecule has 2 aliphatic heterocycles. The number of likely N-dealkylation sites (tertiary alicyclic amines) is 1. The van der Waals surface area contributed by atoms with Gasteiger partial charge in [0.2, 0.25) is 5.91 Å². The number of rotatable bonds is 5. The standard InChI is InChI=1S/C19H24FN3O3/c20-14-3-4-16-17(10-14)22-19(21-16)13-5-7-23(8-6-13)18(24)12-25-11-15-2-1-9-26-15/h3-4,10,13,15H,1-2,5-9,11-12H2,(H,21,22). The third-order valence-corrected chi connectivity index (χ3v) is 5.25. The third-order valence-electron chi connectivity index (χ3n) is 5.25. The molecule has 6 nitrogen and oxygen atoms in total. The molecule has 2 aliphatic rings. The first-order valence-corrected chi connectivity index (χ1v) is 9.31. The monoisotopic (exact) mass is 361 g/mol. The van der Waals surface area contributed by atoms with Gasteiger partial charge in [0.15, 0.2) is 0 Å². The Kier molecular flexibility index (Phi) is 5.17. The molecular weight excluding hydrogens is 337 g/mol. The smallest absolute Gasteiger partial charge is 0.248 e. The van der Waals surface area contributed by atoms with Crippen LogP contribution >= 0.6 is 0 Å². The summed E-state index contributed by atoms with van der Waals surface area (Å²) in [4.78, 5) is 21.9. The summed E-state index contributed by atoms with van der Waals surface area (Å²) in [5.41, 5.74) is 1.50. The second kappa shape index (κ2) is 7.72. The lowest BCUT2D eigenvalue weighted by Crippen LogP contribution is -2.40. The fraction of sp³-hybridized carbons (Fsp3) is 0.579. The highest BCUT2D eigenvalue weighted by Gasteiger charge is 2.26. The second-order valence-electron chi connectivity index (χ2n) is 7.09. The zero-order chi connectivity index (χ0) is 17.9. The predicted octanol–water partition coefficient (Wildman–Crippen LogP) is 2.60. The van der Waals surface area contributed by atoms with Crippen LogP contribution in [0.1, 0.15) is 37.4 Å². The molecule has 7 heteroatoms. The number of nitrogens with one attached hydrogen (secondary N) is 1. The molecule has 2 fully saturated rings. The van der Waals surface area contributed by atoms with Crippen LogP contribution in [0.15, 0.2) is 18.2 Å². The first-order valence-electron chi connectivity index (χ1n) is 9.31. The number of benzene rings is 1. The van der Waals surface area contributed by atoms with Crippen LogP contribution in [0, 0.1) is 5.82 Å². The van der Waals surface area contributed by atoms with Crippen molar-refractivity contribution >= 4 is 16.9 Å². The first-order chi connectivity index (χ1) is 12.7. The summed E-state index contributed by atoms with van der Waals surface area (Å²) < 4.78 is 24.3. The van der Waals surface area contributed by atoms with Crippen LogP contribution in [0.25, 0.3) is 11.0 Å². The van der Waals surface area contributed by atoms with Gasteiger partial charge in [-0.1, -0.05) is 0 Å². The highest BCUT2D eigenvalue weighted by Crippen LogP contribution is 2.28. The Morgan fingerprint density at radius 3 is 2.96 bits per heavy atom. The summed E-state index contributed by atoms with van der Waals surface area (Å²) in [6.45, 7) is 2.80. The summed E-state index contributed by atoms with van der Waals surface area (Å²) in [7, 11) is 0. The van der Waals surface area contributed by atoms with E-state index in [1.54, 1.807) is 6.07 Å². The molecule has 4 rings (SSSR count). The summed E-state index contributed by atoms with van der Waals surface area (Å²) in [5.74, 6) is 0.916. The van der Waals surface area contributed by atoms with E-state index in [0.717, 1.165) is 49.1 Å². The number of carbonyl (C=O) groups is 1. The van der Waals surface area contributed by atoms with Crippen LogP contribution in [-0.2, 0) is 14.3 Å². The molecular formula is C19H24FN3O3.